The molecule has 8 nitrogen and oxygen atoms in total. The number of amides is 1. The van der Waals surface area contributed by atoms with Crippen molar-refractivity contribution in [3.05, 3.63) is 60.8 Å². The molecule has 5 N–H and O–H groups in total. The molecular formula is C34H61N2O6P. The molecule has 0 radical (unpaired) electrons. The van der Waals surface area contributed by atoms with Gasteiger partial charge in [-0.3, -0.25) is 13.8 Å². The van der Waals surface area contributed by atoms with Crippen LogP contribution >= 0.6 is 7.82 Å². The zero-order chi connectivity index (χ0) is 31.9. The number of hydrogen-bond acceptors (Lipinski definition) is 6. The second-order valence-electron chi connectivity index (χ2n) is 10.7. The number of aliphatic hydroxyl groups excluding tert-OH is 1. The molecule has 0 rings (SSSR count). The molecule has 0 aromatic carbocycles. The quantitative estimate of drug-likeness (QED) is 0.0377. The summed E-state index contributed by atoms with van der Waals surface area (Å²) in [6, 6.07) is -0.889. The normalized spacial score (nSPS) is 15.4. The van der Waals surface area contributed by atoms with E-state index in [1.165, 1.54) is 25.7 Å². The molecular weight excluding hydrogens is 563 g/mol. The lowest BCUT2D eigenvalue weighted by Crippen LogP contribution is -2.45. The number of nitrogens with two attached hydrogens (primary N) is 1. The average molecular weight is 625 g/mol. The van der Waals surface area contributed by atoms with Gasteiger partial charge in [-0.1, -0.05) is 99.8 Å². The summed E-state index contributed by atoms with van der Waals surface area (Å²) < 4.78 is 21.9. The fourth-order valence-electron chi connectivity index (χ4n) is 4.14. The molecule has 0 aromatic heterocycles. The Kier molecular flexibility index (Phi) is 29.0. The van der Waals surface area contributed by atoms with Gasteiger partial charge in [0.05, 0.1) is 25.4 Å². The van der Waals surface area contributed by atoms with Crippen LogP contribution in [0.3, 0.4) is 0 Å². The summed E-state index contributed by atoms with van der Waals surface area (Å²) in [5.41, 5.74) is 5.32. The standard InChI is InChI=1S/C34H61N2O6P/c1-3-5-7-9-11-13-14-15-16-17-18-20-22-24-26-28-34(38)36-32(31-42-43(39,40)41-30-29-35)33(37)27-25-23-21-19-12-10-8-6-4-2/h4,6,11-13,15-16,19,25,27,32-33,37H,3,5,7-10,14,17-18,20-24,26,28-31,35H2,1-2H3,(H,36,38)(H,39,40)/b6-4+,13-11-,16-15-,19-12+,27-25+. The highest BCUT2D eigenvalue weighted by atomic mass is 31.2. The van der Waals surface area contributed by atoms with Crippen LogP contribution in [0.15, 0.2) is 60.8 Å². The van der Waals surface area contributed by atoms with Crippen molar-refractivity contribution in [3.63, 3.8) is 0 Å². The highest BCUT2D eigenvalue weighted by molar-refractivity contribution is 7.47. The van der Waals surface area contributed by atoms with E-state index in [9.17, 15) is 19.4 Å². The van der Waals surface area contributed by atoms with Crippen LogP contribution in [0, 0.1) is 0 Å². The van der Waals surface area contributed by atoms with E-state index in [1.807, 2.05) is 19.1 Å². The Hall–Kier alpha value is -1.80. The van der Waals surface area contributed by atoms with Crippen LogP contribution in [-0.2, 0) is 18.4 Å². The maximum absolute atomic E-state index is 12.6. The second-order valence-corrected chi connectivity index (χ2v) is 12.1. The Balaban J connectivity index is 4.44. The van der Waals surface area contributed by atoms with E-state index >= 15 is 0 Å². The van der Waals surface area contributed by atoms with Gasteiger partial charge in [0.15, 0.2) is 0 Å². The molecule has 0 aliphatic rings. The molecule has 43 heavy (non-hydrogen) atoms. The topological polar surface area (TPSA) is 131 Å². The average Bonchev–Trinajstić information content (AvgIpc) is 2.99. The van der Waals surface area contributed by atoms with Gasteiger partial charge in [-0.05, 0) is 71.1 Å². The third-order valence-electron chi connectivity index (χ3n) is 6.64. The van der Waals surface area contributed by atoms with Gasteiger partial charge < -0.3 is 21.1 Å². The summed E-state index contributed by atoms with van der Waals surface area (Å²) in [5.74, 6) is -0.230. The highest BCUT2D eigenvalue weighted by Gasteiger charge is 2.26. The Bertz CT molecular complexity index is 856. The van der Waals surface area contributed by atoms with Crippen molar-refractivity contribution in [2.75, 3.05) is 19.8 Å². The second kappa shape index (κ2) is 30.2. The summed E-state index contributed by atoms with van der Waals surface area (Å²) in [6.45, 7) is 3.79. The SMILES string of the molecule is C/C=C/CC/C=C/CC/C=C/C(O)C(COP(=O)(O)OCCN)NC(=O)CCCCCCC/C=C\C/C=C\CCCCC. The van der Waals surface area contributed by atoms with Crippen molar-refractivity contribution in [1.29, 1.82) is 0 Å². The van der Waals surface area contributed by atoms with Crippen LogP contribution < -0.4 is 11.1 Å². The molecule has 3 atom stereocenters. The first kappa shape index (κ1) is 41.2. The van der Waals surface area contributed by atoms with Crippen molar-refractivity contribution in [3.8, 4) is 0 Å². The monoisotopic (exact) mass is 624 g/mol. The van der Waals surface area contributed by atoms with Crippen molar-refractivity contribution in [2.45, 2.75) is 129 Å². The van der Waals surface area contributed by atoms with Gasteiger partial charge in [0.25, 0.3) is 0 Å². The molecule has 0 heterocycles. The fourth-order valence-corrected chi connectivity index (χ4v) is 4.90. The number of allylic oxidation sites excluding steroid dienone is 9. The van der Waals surface area contributed by atoms with Crippen LogP contribution in [0.25, 0.3) is 0 Å². The van der Waals surface area contributed by atoms with Gasteiger partial charge in [-0.2, -0.15) is 0 Å². The lowest BCUT2D eigenvalue weighted by Gasteiger charge is -2.23. The molecule has 0 saturated heterocycles. The first-order valence-electron chi connectivity index (χ1n) is 16.4. The van der Waals surface area contributed by atoms with Gasteiger partial charge in [0.2, 0.25) is 5.91 Å². The fraction of sp³-hybridized carbons (Fsp3) is 0.676. The number of rotatable bonds is 29. The van der Waals surface area contributed by atoms with E-state index in [0.717, 1.165) is 70.6 Å². The van der Waals surface area contributed by atoms with E-state index in [-0.39, 0.29) is 25.7 Å². The summed E-state index contributed by atoms with van der Waals surface area (Å²) >= 11 is 0. The van der Waals surface area contributed by atoms with E-state index in [0.29, 0.717) is 6.42 Å². The Labute approximate surface area is 262 Å². The largest absolute Gasteiger partial charge is 0.472 e. The van der Waals surface area contributed by atoms with E-state index in [1.54, 1.807) is 6.08 Å². The first-order chi connectivity index (χ1) is 20.9. The molecule has 0 spiro atoms. The highest BCUT2D eigenvalue weighted by Crippen LogP contribution is 2.43. The Morgan fingerprint density at radius 1 is 0.814 bits per heavy atom. The number of carbonyl (C=O) groups excluding carboxylic acids is 1. The number of unbranched alkanes of at least 4 members (excludes halogenated alkanes) is 10. The number of nitrogens with one attached hydrogen (secondary N) is 1. The number of carbonyl (C=O) groups is 1. The number of aliphatic hydroxyl groups is 1. The van der Waals surface area contributed by atoms with Crippen LogP contribution in [0.2, 0.25) is 0 Å². The number of phosphoric acid groups is 1. The maximum Gasteiger partial charge on any atom is 0.472 e. The minimum Gasteiger partial charge on any atom is -0.387 e. The third kappa shape index (κ3) is 28.7. The summed E-state index contributed by atoms with van der Waals surface area (Å²) in [4.78, 5) is 22.4. The lowest BCUT2D eigenvalue weighted by molar-refractivity contribution is -0.123. The van der Waals surface area contributed by atoms with Crippen molar-refractivity contribution in [2.24, 2.45) is 5.73 Å². The maximum atomic E-state index is 12.6. The molecule has 0 bridgehead atoms. The molecule has 0 saturated carbocycles. The van der Waals surface area contributed by atoms with Gasteiger partial charge in [-0.25, -0.2) is 4.57 Å². The van der Waals surface area contributed by atoms with Gasteiger partial charge in [-0.15, -0.1) is 0 Å². The zero-order valence-corrected chi connectivity index (χ0v) is 27.8. The Morgan fingerprint density at radius 3 is 2.05 bits per heavy atom. The minimum atomic E-state index is -4.34. The van der Waals surface area contributed by atoms with Crippen molar-refractivity contribution < 1.29 is 28.4 Å². The van der Waals surface area contributed by atoms with Crippen molar-refractivity contribution >= 4 is 13.7 Å². The van der Waals surface area contributed by atoms with E-state index < -0.39 is 20.0 Å². The van der Waals surface area contributed by atoms with E-state index in [2.05, 4.69) is 54.8 Å². The lowest BCUT2D eigenvalue weighted by atomic mass is 10.1. The summed E-state index contributed by atoms with van der Waals surface area (Å²) in [5, 5.41) is 13.4. The molecule has 0 fully saturated rings. The molecule has 0 aliphatic heterocycles. The number of phosphoric ester groups is 1. The third-order valence-corrected chi connectivity index (χ3v) is 7.62. The first-order valence-corrected chi connectivity index (χ1v) is 17.9. The van der Waals surface area contributed by atoms with Gasteiger partial charge in [0, 0.05) is 13.0 Å². The molecule has 9 heteroatoms. The van der Waals surface area contributed by atoms with Gasteiger partial charge >= 0.3 is 7.82 Å². The van der Waals surface area contributed by atoms with E-state index in [4.69, 9.17) is 14.8 Å². The smallest absolute Gasteiger partial charge is 0.387 e. The molecule has 3 unspecified atom stereocenters. The molecule has 1 amide bonds. The van der Waals surface area contributed by atoms with Crippen LogP contribution in [-0.4, -0.2) is 47.8 Å². The van der Waals surface area contributed by atoms with Crippen LogP contribution in [0.1, 0.15) is 117 Å². The zero-order valence-electron chi connectivity index (χ0n) is 26.9. The molecule has 0 aromatic rings. The minimum absolute atomic E-state index is 0.0662. The van der Waals surface area contributed by atoms with Crippen molar-refractivity contribution in [1.82, 2.24) is 5.32 Å². The number of hydrogen-bond donors (Lipinski definition) is 4. The predicted octanol–water partition coefficient (Wildman–Crippen LogP) is 7.99. The molecule has 248 valence electrons. The van der Waals surface area contributed by atoms with Crippen LogP contribution in [0.5, 0.6) is 0 Å². The molecule has 0 aliphatic carbocycles. The summed E-state index contributed by atoms with van der Waals surface area (Å²) in [7, 11) is -4.34. The predicted molar refractivity (Wildman–Crippen MR) is 180 cm³/mol. The summed E-state index contributed by atoms with van der Waals surface area (Å²) in [6.07, 6.45) is 35.7. The van der Waals surface area contributed by atoms with Gasteiger partial charge in [0.1, 0.15) is 0 Å². The van der Waals surface area contributed by atoms with Crippen LogP contribution in [0.4, 0.5) is 0 Å². The Morgan fingerprint density at radius 2 is 1.40 bits per heavy atom.